The van der Waals surface area contributed by atoms with E-state index in [1.54, 1.807) is 24.3 Å². The van der Waals surface area contributed by atoms with Gasteiger partial charge in [0, 0.05) is 24.2 Å². The third-order valence-electron chi connectivity index (χ3n) is 4.50. The molecular weight excluding hydrogens is 328 g/mol. The summed E-state index contributed by atoms with van der Waals surface area (Å²) >= 11 is 0. The van der Waals surface area contributed by atoms with E-state index in [1.807, 2.05) is 0 Å². The van der Waals surface area contributed by atoms with Gasteiger partial charge in [-0.05, 0) is 31.0 Å². The Morgan fingerprint density at radius 2 is 1.80 bits per heavy atom. The van der Waals surface area contributed by atoms with Gasteiger partial charge in [-0.25, -0.2) is 8.78 Å². The Hall–Kier alpha value is -2.02. The van der Waals surface area contributed by atoms with Crippen molar-refractivity contribution in [2.45, 2.75) is 43.7 Å². The number of nitrogens with one attached hydrogen (secondary N) is 1. The zero-order chi connectivity index (χ0) is 17.8. The SMILES string of the molecule is O[C@H]1[C@H](O)[C@H](Oc2cccc(F)c2)CC[C@H]1NCc1ccccc1F. The molecule has 6 heteroatoms. The minimum Gasteiger partial charge on any atom is -0.488 e. The summed E-state index contributed by atoms with van der Waals surface area (Å²) in [6, 6.07) is 11.7. The molecule has 0 heterocycles. The van der Waals surface area contributed by atoms with Crippen LogP contribution in [0.4, 0.5) is 8.78 Å². The van der Waals surface area contributed by atoms with Crippen molar-refractivity contribution >= 4 is 0 Å². The van der Waals surface area contributed by atoms with Crippen molar-refractivity contribution in [2.75, 3.05) is 0 Å². The molecule has 2 aromatic carbocycles. The van der Waals surface area contributed by atoms with Crippen LogP contribution in [0.1, 0.15) is 18.4 Å². The van der Waals surface area contributed by atoms with Crippen molar-refractivity contribution in [3.05, 3.63) is 65.7 Å². The molecular formula is C19H21F2NO3. The van der Waals surface area contributed by atoms with Gasteiger partial charge in [0.15, 0.2) is 0 Å². The molecule has 1 aliphatic rings. The highest BCUT2D eigenvalue weighted by Gasteiger charge is 2.38. The summed E-state index contributed by atoms with van der Waals surface area (Å²) in [5.74, 6) is -0.421. The molecule has 0 spiro atoms. The maximum Gasteiger partial charge on any atom is 0.127 e. The van der Waals surface area contributed by atoms with Crippen LogP contribution < -0.4 is 10.1 Å². The van der Waals surface area contributed by atoms with Crippen LogP contribution in [0, 0.1) is 11.6 Å². The van der Waals surface area contributed by atoms with E-state index < -0.39 is 24.1 Å². The molecule has 4 nitrogen and oxygen atoms in total. The summed E-state index contributed by atoms with van der Waals surface area (Å²) in [5, 5.41) is 23.7. The van der Waals surface area contributed by atoms with E-state index in [4.69, 9.17) is 4.74 Å². The van der Waals surface area contributed by atoms with E-state index in [9.17, 15) is 19.0 Å². The number of ether oxygens (including phenoxy) is 1. The molecule has 25 heavy (non-hydrogen) atoms. The molecule has 0 bridgehead atoms. The Kier molecular flexibility index (Phi) is 5.63. The third-order valence-corrected chi connectivity index (χ3v) is 4.50. The van der Waals surface area contributed by atoms with Crippen molar-refractivity contribution < 1.29 is 23.7 Å². The molecule has 0 aliphatic heterocycles. The van der Waals surface area contributed by atoms with E-state index in [1.165, 1.54) is 24.3 Å². The predicted octanol–water partition coefficient (Wildman–Crippen LogP) is 2.39. The molecule has 0 amide bonds. The van der Waals surface area contributed by atoms with Gasteiger partial charge in [-0.15, -0.1) is 0 Å². The first-order valence-corrected chi connectivity index (χ1v) is 8.30. The maximum atomic E-state index is 13.7. The third kappa shape index (κ3) is 4.34. The van der Waals surface area contributed by atoms with Crippen LogP contribution in [-0.2, 0) is 6.54 Å². The molecule has 134 valence electrons. The average Bonchev–Trinajstić information content (AvgIpc) is 2.60. The van der Waals surface area contributed by atoms with Crippen LogP contribution in [-0.4, -0.2) is 34.6 Å². The van der Waals surface area contributed by atoms with Crippen molar-refractivity contribution in [3.8, 4) is 5.75 Å². The van der Waals surface area contributed by atoms with Gasteiger partial charge in [0.1, 0.15) is 29.6 Å². The van der Waals surface area contributed by atoms with Gasteiger partial charge in [-0.3, -0.25) is 0 Å². The summed E-state index contributed by atoms with van der Waals surface area (Å²) in [5.41, 5.74) is 0.502. The minimum absolute atomic E-state index is 0.260. The van der Waals surface area contributed by atoms with E-state index in [0.717, 1.165) is 0 Å². The fourth-order valence-electron chi connectivity index (χ4n) is 3.09. The van der Waals surface area contributed by atoms with E-state index in [-0.39, 0.29) is 18.4 Å². The smallest absolute Gasteiger partial charge is 0.127 e. The lowest BCUT2D eigenvalue weighted by molar-refractivity contribution is -0.0893. The van der Waals surface area contributed by atoms with Gasteiger partial charge in [0.2, 0.25) is 0 Å². The van der Waals surface area contributed by atoms with Crippen molar-refractivity contribution in [1.29, 1.82) is 0 Å². The van der Waals surface area contributed by atoms with Crippen molar-refractivity contribution in [3.63, 3.8) is 0 Å². The number of halogens is 2. The molecule has 0 saturated heterocycles. The fraction of sp³-hybridized carbons (Fsp3) is 0.368. The fourth-order valence-corrected chi connectivity index (χ4v) is 3.09. The Morgan fingerprint density at radius 3 is 2.56 bits per heavy atom. The second-order valence-corrected chi connectivity index (χ2v) is 6.25. The Bertz CT molecular complexity index is 713. The largest absolute Gasteiger partial charge is 0.488 e. The number of benzene rings is 2. The van der Waals surface area contributed by atoms with Gasteiger partial charge >= 0.3 is 0 Å². The zero-order valence-electron chi connectivity index (χ0n) is 13.6. The summed E-state index contributed by atoms with van der Waals surface area (Å²) in [4.78, 5) is 0. The average molecular weight is 349 g/mol. The Labute approximate surface area is 145 Å². The molecule has 0 aromatic heterocycles. The number of hydrogen-bond acceptors (Lipinski definition) is 4. The van der Waals surface area contributed by atoms with Crippen LogP contribution in [0.25, 0.3) is 0 Å². The standard InChI is InChI=1S/C19H21F2NO3/c20-13-5-3-6-14(10-13)25-17-9-8-16(18(23)19(17)24)22-11-12-4-1-2-7-15(12)21/h1-7,10,16-19,22-24H,8-9,11H2/t16-,17-,18-,19-/m1/s1. The zero-order valence-corrected chi connectivity index (χ0v) is 13.6. The lowest BCUT2D eigenvalue weighted by Gasteiger charge is -2.38. The molecule has 0 unspecified atom stereocenters. The number of rotatable bonds is 5. The first-order valence-electron chi connectivity index (χ1n) is 8.30. The quantitative estimate of drug-likeness (QED) is 0.776. The molecule has 1 saturated carbocycles. The number of aliphatic hydroxyl groups is 2. The van der Waals surface area contributed by atoms with Crippen molar-refractivity contribution in [1.82, 2.24) is 5.32 Å². The number of aliphatic hydroxyl groups excluding tert-OH is 2. The highest BCUT2D eigenvalue weighted by Crippen LogP contribution is 2.25. The van der Waals surface area contributed by atoms with Crippen LogP contribution in [0.5, 0.6) is 5.75 Å². The Morgan fingerprint density at radius 1 is 1.00 bits per heavy atom. The molecule has 3 N–H and O–H groups in total. The number of hydrogen-bond donors (Lipinski definition) is 3. The van der Waals surface area contributed by atoms with Crippen LogP contribution in [0.15, 0.2) is 48.5 Å². The Balaban J connectivity index is 1.57. The molecule has 1 aliphatic carbocycles. The van der Waals surface area contributed by atoms with Gasteiger partial charge in [0.05, 0.1) is 6.10 Å². The molecule has 2 aromatic rings. The first-order chi connectivity index (χ1) is 12.0. The van der Waals surface area contributed by atoms with E-state index in [0.29, 0.717) is 24.2 Å². The minimum atomic E-state index is -1.12. The van der Waals surface area contributed by atoms with Crippen LogP contribution >= 0.6 is 0 Å². The monoisotopic (exact) mass is 349 g/mol. The molecule has 3 rings (SSSR count). The van der Waals surface area contributed by atoms with E-state index in [2.05, 4.69) is 5.32 Å². The van der Waals surface area contributed by atoms with Crippen molar-refractivity contribution in [2.24, 2.45) is 0 Å². The van der Waals surface area contributed by atoms with Gasteiger partial charge in [-0.2, -0.15) is 0 Å². The summed E-state index contributed by atoms with van der Waals surface area (Å²) in [6.45, 7) is 0.260. The molecule has 1 fully saturated rings. The van der Waals surface area contributed by atoms with E-state index >= 15 is 0 Å². The topological polar surface area (TPSA) is 61.7 Å². The summed E-state index contributed by atoms with van der Waals surface area (Å²) in [7, 11) is 0. The molecule has 4 atom stereocenters. The second kappa shape index (κ2) is 7.91. The predicted molar refractivity (Wildman–Crippen MR) is 89.1 cm³/mol. The lowest BCUT2D eigenvalue weighted by Crippen LogP contribution is -2.55. The normalized spacial score (nSPS) is 26.4. The molecule has 0 radical (unpaired) electrons. The van der Waals surface area contributed by atoms with Crippen LogP contribution in [0.2, 0.25) is 0 Å². The summed E-state index contributed by atoms with van der Waals surface area (Å²) < 4.78 is 32.5. The highest BCUT2D eigenvalue weighted by atomic mass is 19.1. The summed E-state index contributed by atoms with van der Waals surface area (Å²) in [6.07, 6.45) is -1.76. The van der Waals surface area contributed by atoms with Gasteiger partial charge in [-0.1, -0.05) is 24.3 Å². The van der Waals surface area contributed by atoms with Gasteiger partial charge in [0.25, 0.3) is 0 Å². The second-order valence-electron chi connectivity index (χ2n) is 6.25. The first kappa shape index (κ1) is 17.8. The highest BCUT2D eigenvalue weighted by molar-refractivity contribution is 5.23. The van der Waals surface area contributed by atoms with Crippen LogP contribution in [0.3, 0.4) is 0 Å². The maximum absolute atomic E-state index is 13.7. The lowest BCUT2D eigenvalue weighted by atomic mass is 9.87. The van der Waals surface area contributed by atoms with Gasteiger partial charge < -0.3 is 20.3 Å².